The second-order valence-electron chi connectivity index (χ2n) is 2.41. The van der Waals surface area contributed by atoms with Crippen LogP contribution < -0.4 is 5.32 Å². The summed E-state index contributed by atoms with van der Waals surface area (Å²) in [5, 5.41) is 2.09. The topological polar surface area (TPSA) is 29.1 Å². The van der Waals surface area contributed by atoms with Gasteiger partial charge in [-0.15, -0.1) is 0 Å². The van der Waals surface area contributed by atoms with E-state index in [2.05, 4.69) is 5.32 Å². The Morgan fingerprint density at radius 3 is 2.57 bits per heavy atom. The van der Waals surface area contributed by atoms with E-state index in [9.17, 15) is 18.0 Å². The molecule has 0 bridgehead atoms. The molecular formula is C9H6F3NO. The van der Waals surface area contributed by atoms with Crippen LogP contribution in [0.5, 0.6) is 0 Å². The molecule has 0 spiro atoms. The molecule has 0 heterocycles. The first kappa shape index (κ1) is 10.3. The number of benzene rings is 1. The van der Waals surface area contributed by atoms with Gasteiger partial charge >= 0.3 is 0 Å². The molecule has 0 fully saturated rings. The highest BCUT2D eigenvalue weighted by Gasteiger charge is 2.07. The van der Waals surface area contributed by atoms with Crippen LogP contribution in [0.3, 0.4) is 0 Å². The zero-order valence-corrected chi connectivity index (χ0v) is 6.93. The minimum atomic E-state index is -1.27. The maximum absolute atomic E-state index is 12.9. The standard InChI is InChI=1S/C9H6F3NO/c10-7-3-6(1-2-13-5-14)9(12)8(11)4-7/h1-5H,(H,13,14)/b2-1+. The summed E-state index contributed by atoms with van der Waals surface area (Å²) in [5.74, 6) is -3.30. The summed E-state index contributed by atoms with van der Waals surface area (Å²) in [6.07, 6.45) is 2.48. The molecular weight excluding hydrogens is 195 g/mol. The predicted molar refractivity (Wildman–Crippen MR) is 44.5 cm³/mol. The molecule has 1 aromatic carbocycles. The molecule has 0 aromatic heterocycles. The highest BCUT2D eigenvalue weighted by molar-refractivity contribution is 5.55. The van der Waals surface area contributed by atoms with Crippen LogP contribution in [-0.2, 0) is 4.79 Å². The normalized spacial score (nSPS) is 10.5. The number of hydrogen-bond donors (Lipinski definition) is 1. The zero-order valence-electron chi connectivity index (χ0n) is 6.93. The second-order valence-corrected chi connectivity index (χ2v) is 2.41. The number of carbonyl (C=O) groups is 1. The Bertz CT molecular complexity index is 377. The highest BCUT2D eigenvalue weighted by Crippen LogP contribution is 2.15. The molecule has 0 aliphatic rings. The van der Waals surface area contributed by atoms with E-state index in [1.165, 1.54) is 0 Å². The van der Waals surface area contributed by atoms with Gasteiger partial charge in [0, 0.05) is 17.8 Å². The van der Waals surface area contributed by atoms with Crippen molar-refractivity contribution in [2.24, 2.45) is 0 Å². The van der Waals surface area contributed by atoms with Gasteiger partial charge in [-0.3, -0.25) is 4.79 Å². The number of carbonyl (C=O) groups excluding carboxylic acids is 1. The lowest BCUT2D eigenvalue weighted by molar-refractivity contribution is -0.108. The van der Waals surface area contributed by atoms with E-state index in [1.807, 2.05) is 0 Å². The predicted octanol–water partition coefficient (Wildman–Crippen LogP) is 1.82. The van der Waals surface area contributed by atoms with Crippen LogP contribution in [0.15, 0.2) is 18.3 Å². The number of halogens is 3. The van der Waals surface area contributed by atoms with Crippen LogP contribution in [0.25, 0.3) is 6.08 Å². The Kier molecular flexibility index (Phi) is 3.28. The monoisotopic (exact) mass is 201 g/mol. The van der Waals surface area contributed by atoms with Crippen LogP contribution in [0.4, 0.5) is 13.2 Å². The largest absolute Gasteiger partial charge is 0.335 e. The molecule has 5 heteroatoms. The molecule has 0 saturated carbocycles. The first-order valence-electron chi connectivity index (χ1n) is 3.66. The van der Waals surface area contributed by atoms with Crippen molar-refractivity contribution >= 4 is 12.5 Å². The zero-order chi connectivity index (χ0) is 10.6. The Hall–Kier alpha value is -1.78. The number of amides is 1. The molecule has 1 amide bonds. The fraction of sp³-hybridized carbons (Fsp3) is 0. The minimum absolute atomic E-state index is 0.267. The summed E-state index contributed by atoms with van der Waals surface area (Å²) in [4.78, 5) is 9.81. The van der Waals surface area contributed by atoms with Gasteiger partial charge in [0.2, 0.25) is 6.41 Å². The van der Waals surface area contributed by atoms with Gasteiger partial charge in [0.1, 0.15) is 5.82 Å². The molecule has 2 nitrogen and oxygen atoms in total. The van der Waals surface area contributed by atoms with E-state index in [-0.39, 0.29) is 5.56 Å². The average molecular weight is 201 g/mol. The summed E-state index contributed by atoms with van der Waals surface area (Å²) in [6.45, 7) is 0. The van der Waals surface area contributed by atoms with Crippen LogP contribution in [0, 0.1) is 17.5 Å². The molecule has 0 aliphatic heterocycles. The third-order valence-electron chi connectivity index (χ3n) is 1.45. The van der Waals surface area contributed by atoms with Crippen molar-refractivity contribution in [2.45, 2.75) is 0 Å². The number of hydrogen-bond acceptors (Lipinski definition) is 1. The molecule has 14 heavy (non-hydrogen) atoms. The lowest BCUT2D eigenvalue weighted by Gasteiger charge is -1.98. The fourth-order valence-corrected chi connectivity index (χ4v) is 0.874. The van der Waals surface area contributed by atoms with Crippen molar-refractivity contribution in [1.29, 1.82) is 0 Å². The molecule has 0 unspecified atom stereocenters. The van der Waals surface area contributed by atoms with Crippen LogP contribution in [0.2, 0.25) is 0 Å². The van der Waals surface area contributed by atoms with E-state index in [0.29, 0.717) is 12.5 Å². The van der Waals surface area contributed by atoms with E-state index in [1.54, 1.807) is 0 Å². The summed E-state index contributed by atoms with van der Waals surface area (Å²) in [5.41, 5.74) is -0.267. The summed E-state index contributed by atoms with van der Waals surface area (Å²) in [6, 6.07) is 1.27. The maximum Gasteiger partial charge on any atom is 0.211 e. The molecule has 74 valence electrons. The Labute approximate surface area is 78.0 Å². The minimum Gasteiger partial charge on any atom is -0.335 e. The van der Waals surface area contributed by atoms with Crippen LogP contribution >= 0.6 is 0 Å². The van der Waals surface area contributed by atoms with Crippen molar-refractivity contribution in [3.05, 3.63) is 41.3 Å². The Morgan fingerprint density at radius 1 is 1.21 bits per heavy atom. The van der Waals surface area contributed by atoms with Gasteiger partial charge in [0.25, 0.3) is 0 Å². The summed E-state index contributed by atoms with van der Waals surface area (Å²) >= 11 is 0. The van der Waals surface area contributed by atoms with Gasteiger partial charge in [-0.1, -0.05) is 0 Å². The quantitative estimate of drug-likeness (QED) is 0.586. The van der Waals surface area contributed by atoms with Crippen molar-refractivity contribution in [3.63, 3.8) is 0 Å². The van der Waals surface area contributed by atoms with Crippen LogP contribution in [-0.4, -0.2) is 6.41 Å². The molecule has 0 radical (unpaired) electrons. The first-order valence-corrected chi connectivity index (χ1v) is 3.66. The van der Waals surface area contributed by atoms with E-state index < -0.39 is 17.5 Å². The van der Waals surface area contributed by atoms with Crippen molar-refractivity contribution in [3.8, 4) is 0 Å². The molecule has 1 rings (SSSR count). The summed E-state index contributed by atoms with van der Waals surface area (Å²) in [7, 11) is 0. The maximum atomic E-state index is 12.9. The Balaban J connectivity index is 3.01. The van der Waals surface area contributed by atoms with Crippen molar-refractivity contribution in [2.75, 3.05) is 0 Å². The van der Waals surface area contributed by atoms with Crippen molar-refractivity contribution in [1.82, 2.24) is 5.32 Å². The van der Waals surface area contributed by atoms with E-state index in [0.717, 1.165) is 18.3 Å². The lowest BCUT2D eigenvalue weighted by atomic mass is 10.2. The van der Waals surface area contributed by atoms with E-state index in [4.69, 9.17) is 0 Å². The second kappa shape index (κ2) is 4.45. The fourth-order valence-electron chi connectivity index (χ4n) is 0.874. The van der Waals surface area contributed by atoms with E-state index >= 15 is 0 Å². The highest BCUT2D eigenvalue weighted by atomic mass is 19.2. The van der Waals surface area contributed by atoms with Gasteiger partial charge in [-0.05, 0) is 12.1 Å². The molecule has 0 saturated heterocycles. The smallest absolute Gasteiger partial charge is 0.211 e. The first-order chi connectivity index (χ1) is 6.65. The molecule has 0 aliphatic carbocycles. The van der Waals surface area contributed by atoms with Gasteiger partial charge in [0.15, 0.2) is 11.6 Å². The molecule has 1 aromatic rings. The van der Waals surface area contributed by atoms with Gasteiger partial charge < -0.3 is 5.32 Å². The lowest BCUT2D eigenvalue weighted by Crippen LogP contribution is -1.99. The Morgan fingerprint density at radius 2 is 1.93 bits per heavy atom. The van der Waals surface area contributed by atoms with Gasteiger partial charge in [-0.2, -0.15) is 0 Å². The van der Waals surface area contributed by atoms with Gasteiger partial charge in [0.05, 0.1) is 0 Å². The van der Waals surface area contributed by atoms with Gasteiger partial charge in [-0.25, -0.2) is 13.2 Å². The third kappa shape index (κ3) is 2.35. The molecule has 0 atom stereocenters. The average Bonchev–Trinajstić information content (AvgIpc) is 2.13. The SMILES string of the molecule is O=CN/C=C/c1cc(F)cc(F)c1F. The van der Waals surface area contributed by atoms with Crippen LogP contribution in [0.1, 0.15) is 5.56 Å². The molecule has 1 N–H and O–H groups in total. The third-order valence-corrected chi connectivity index (χ3v) is 1.45. The number of nitrogens with one attached hydrogen (secondary N) is 1. The van der Waals surface area contributed by atoms with Crippen molar-refractivity contribution < 1.29 is 18.0 Å². The number of rotatable bonds is 3. The summed E-state index contributed by atoms with van der Waals surface area (Å²) < 4.78 is 38.1.